The van der Waals surface area contributed by atoms with Gasteiger partial charge in [0.15, 0.2) is 0 Å². The molecule has 0 aliphatic carbocycles. The molecular weight excluding hydrogens is 222 g/mol. The molecule has 5 heteroatoms. The number of hydrogen-bond donors (Lipinski definition) is 1. The van der Waals surface area contributed by atoms with Crippen LogP contribution in [0.5, 0.6) is 0 Å². The molecule has 1 unspecified atom stereocenters. The van der Waals surface area contributed by atoms with E-state index in [1.165, 1.54) is 0 Å². The number of methoxy groups -OCH3 is 1. The van der Waals surface area contributed by atoms with Crippen LogP contribution >= 0.6 is 0 Å². The normalized spacial score (nSPS) is 25.1. The number of hydrogen-bond acceptors (Lipinski definition) is 4. The molecule has 0 aromatic carbocycles. The summed E-state index contributed by atoms with van der Waals surface area (Å²) in [6.07, 6.45) is 0.416. The van der Waals surface area contributed by atoms with E-state index in [-0.39, 0.29) is 24.7 Å². The van der Waals surface area contributed by atoms with Crippen molar-refractivity contribution in [1.29, 1.82) is 0 Å². The lowest BCUT2D eigenvalue weighted by Crippen LogP contribution is -2.41. The van der Waals surface area contributed by atoms with E-state index < -0.39 is 5.60 Å². The molecule has 0 aromatic rings. The van der Waals surface area contributed by atoms with Crippen molar-refractivity contribution in [1.82, 2.24) is 4.90 Å². The molecule has 1 N–H and O–H groups in total. The van der Waals surface area contributed by atoms with Crippen LogP contribution in [-0.2, 0) is 9.47 Å². The zero-order valence-electron chi connectivity index (χ0n) is 11.1. The van der Waals surface area contributed by atoms with Crippen molar-refractivity contribution in [3.05, 3.63) is 0 Å². The summed E-state index contributed by atoms with van der Waals surface area (Å²) in [5.41, 5.74) is -0.504. The summed E-state index contributed by atoms with van der Waals surface area (Å²) in [4.78, 5) is 13.5. The molecule has 0 bridgehead atoms. The largest absolute Gasteiger partial charge is 0.444 e. The molecule has 1 saturated heterocycles. The first-order valence-electron chi connectivity index (χ1n) is 5.96. The number of carbonyl (C=O) groups excluding carboxylic acids is 1. The zero-order valence-corrected chi connectivity index (χ0v) is 11.1. The van der Waals surface area contributed by atoms with E-state index in [4.69, 9.17) is 9.47 Å². The Balaban J connectivity index is 2.59. The van der Waals surface area contributed by atoms with Crippen LogP contribution in [0.2, 0.25) is 0 Å². The molecule has 0 saturated carbocycles. The van der Waals surface area contributed by atoms with Crippen molar-refractivity contribution in [2.24, 2.45) is 5.92 Å². The lowest BCUT2D eigenvalue weighted by atomic mass is 10.1. The van der Waals surface area contributed by atoms with Gasteiger partial charge in [-0.2, -0.15) is 0 Å². The van der Waals surface area contributed by atoms with Crippen molar-refractivity contribution >= 4 is 6.09 Å². The molecule has 5 nitrogen and oxygen atoms in total. The minimum atomic E-state index is -0.504. The van der Waals surface area contributed by atoms with E-state index in [9.17, 15) is 9.90 Å². The van der Waals surface area contributed by atoms with Crippen LogP contribution < -0.4 is 0 Å². The molecule has 0 spiro atoms. The third kappa shape index (κ3) is 4.16. The predicted molar refractivity (Wildman–Crippen MR) is 63.8 cm³/mol. The van der Waals surface area contributed by atoms with Gasteiger partial charge in [0.1, 0.15) is 5.60 Å². The minimum absolute atomic E-state index is 0.0283. The van der Waals surface area contributed by atoms with Crippen LogP contribution in [0, 0.1) is 5.92 Å². The average molecular weight is 245 g/mol. The van der Waals surface area contributed by atoms with Gasteiger partial charge in [0.05, 0.1) is 19.3 Å². The molecule has 0 aromatic heterocycles. The lowest BCUT2D eigenvalue weighted by Gasteiger charge is -2.27. The van der Waals surface area contributed by atoms with Crippen molar-refractivity contribution in [3.8, 4) is 0 Å². The Morgan fingerprint density at radius 3 is 2.59 bits per heavy atom. The number of amides is 1. The molecular formula is C12H23NO4. The maximum atomic E-state index is 11.9. The highest BCUT2D eigenvalue weighted by molar-refractivity contribution is 5.69. The molecule has 0 radical (unpaired) electrons. The molecule has 100 valence electrons. The Labute approximate surface area is 103 Å². The Morgan fingerprint density at radius 2 is 2.12 bits per heavy atom. The summed E-state index contributed by atoms with van der Waals surface area (Å²) < 4.78 is 10.4. The van der Waals surface area contributed by atoms with Crippen molar-refractivity contribution < 1.29 is 19.4 Å². The van der Waals surface area contributed by atoms with Crippen molar-refractivity contribution in [2.45, 2.75) is 38.8 Å². The Morgan fingerprint density at radius 1 is 1.47 bits per heavy atom. The van der Waals surface area contributed by atoms with Gasteiger partial charge >= 0.3 is 6.09 Å². The van der Waals surface area contributed by atoms with Gasteiger partial charge in [-0.05, 0) is 27.2 Å². The third-order valence-electron chi connectivity index (χ3n) is 2.74. The maximum Gasteiger partial charge on any atom is 0.410 e. The van der Waals surface area contributed by atoms with Crippen LogP contribution in [0.4, 0.5) is 4.79 Å². The molecule has 17 heavy (non-hydrogen) atoms. The summed E-state index contributed by atoms with van der Waals surface area (Å²) in [5, 5.41) is 9.28. The summed E-state index contributed by atoms with van der Waals surface area (Å²) >= 11 is 0. The van der Waals surface area contributed by atoms with Gasteiger partial charge in [-0.15, -0.1) is 0 Å². The number of aliphatic hydroxyl groups excluding tert-OH is 1. The first-order valence-corrected chi connectivity index (χ1v) is 5.96. The number of nitrogens with zero attached hydrogens (tertiary/aromatic N) is 1. The molecule has 2 atom stereocenters. The molecule has 1 aliphatic heterocycles. The number of likely N-dealkylation sites (tertiary alicyclic amines) is 1. The zero-order chi connectivity index (χ0) is 13.1. The van der Waals surface area contributed by atoms with Crippen LogP contribution in [-0.4, -0.2) is 54.6 Å². The standard InChI is InChI=1S/C12H23NO4/c1-12(2,3)17-11(15)13-6-9(8-16-4)5-10(13)7-14/h9-10,14H,5-8H2,1-4H3/t9?,10-/m0/s1. The number of ether oxygens (including phenoxy) is 2. The Kier molecular flexibility index (Phi) is 4.77. The fraction of sp³-hybridized carbons (Fsp3) is 0.917. The number of aliphatic hydroxyl groups is 1. The molecule has 1 amide bonds. The second-order valence-electron chi connectivity index (χ2n) is 5.53. The minimum Gasteiger partial charge on any atom is -0.444 e. The van der Waals surface area contributed by atoms with Gasteiger partial charge in [-0.25, -0.2) is 4.79 Å². The first-order chi connectivity index (χ1) is 7.87. The van der Waals surface area contributed by atoms with Gasteiger partial charge in [-0.1, -0.05) is 0 Å². The SMILES string of the molecule is COCC1C[C@@H](CO)N(C(=O)OC(C)(C)C)C1. The maximum absolute atomic E-state index is 11.9. The number of carbonyl (C=O) groups is 1. The monoisotopic (exact) mass is 245 g/mol. The third-order valence-corrected chi connectivity index (χ3v) is 2.74. The quantitative estimate of drug-likeness (QED) is 0.813. The molecule has 1 fully saturated rings. The summed E-state index contributed by atoms with van der Waals surface area (Å²) in [5.74, 6) is 0.282. The van der Waals surface area contributed by atoms with E-state index in [2.05, 4.69) is 0 Å². The van der Waals surface area contributed by atoms with Gasteiger partial charge in [0.25, 0.3) is 0 Å². The molecule has 1 rings (SSSR count). The fourth-order valence-corrected chi connectivity index (χ4v) is 2.09. The lowest BCUT2D eigenvalue weighted by molar-refractivity contribution is 0.0168. The molecule has 1 heterocycles. The van der Waals surface area contributed by atoms with Crippen LogP contribution in [0.3, 0.4) is 0 Å². The summed E-state index contributed by atoms with van der Waals surface area (Å²) in [6, 6.07) is -0.148. The Hall–Kier alpha value is -0.810. The highest BCUT2D eigenvalue weighted by Crippen LogP contribution is 2.25. The predicted octanol–water partition coefficient (Wildman–Crippen LogP) is 1.25. The van der Waals surface area contributed by atoms with Gasteiger partial charge in [-0.3, -0.25) is 0 Å². The smallest absolute Gasteiger partial charge is 0.410 e. The number of rotatable bonds is 3. The van der Waals surface area contributed by atoms with Crippen molar-refractivity contribution in [2.75, 3.05) is 26.9 Å². The van der Waals surface area contributed by atoms with Crippen LogP contribution in [0.15, 0.2) is 0 Å². The molecule has 1 aliphatic rings. The van der Waals surface area contributed by atoms with E-state index in [0.29, 0.717) is 13.2 Å². The summed E-state index contributed by atoms with van der Waals surface area (Å²) in [6.45, 7) is 6.67. The van der Waals surface area contributed by atoms with E-state index in [1.807, 2.05) is 20.8 Å². The van der Waals surface area contributed by atoms with E-state index in [1.54, 1.807) is 12.0 Å². The fourth-order valence-electron chi connectivity index (χ4n) is 2.09. The Bertz CT molecular complexity index is 262. The van der Waals surface area contributed by atoms with E-state index in [0.717, 1.165) is 6.42 Å². The highest BCUT2D eigenvalue weighted by Gasteiger charge is 2.36. The highest BCUT2D eigenvalue weighted by atomic mass is 16.6. The van der Waals surface area contributed by atoms with Crippen molar-refractivity contribution in [3.63, 3.8) is 0 Å². The first kappa shape index (κ1) is 14.3. The second-order valence-corrected chi connectivity index (χ2v) is 5.53. The summed E-state index contributed by atoms with van der Waals surface area (Å²) in [7, 11) is 1.64. The average Bonchev–Trinajstić information content (AvgIpc) is 2.59. The second kappa shape index (κ2) is 5.69. The van der Waals surface area contributed by atoms with Gasteiger partial charge < -0.3 is 19.5 Å². The van der Waals surface area contributed by atoms with Gasteiger partial charge in [0.2, 0.25) is 0 Å². The van der Waals surface area contributed by atoms with Crippen LogP contribution in [0.1, 0.15) is 27.2 Å². The topological polar surface area (TPSA) is 59.0 Å². The van der Waals surface area contributed by atoms with Gasteiger partial charge in [0, 0.05) is 19.6 Å². The van der Waals surface area contributed by atoms with E-state index >= 15 is 0 Å². The van der Waals surface area contributed by atoms with Crippen LogP contribution in [0.25, 0.3) is 0 Å².